The van der Waals surface area contributed by atoms with Crippen molar-refractivity contribution < 1.29 is 9.63 Å². The van der Waals surface area contributed by atoms with Crippen molar-refractivity contribution in [2.75, 3.05) is 19.6 Å². The highest BCUT2D eigenvalue weighted by molar-refractivity contribution is 9.11. The number of benzene rings is 1. The van der Waals surface area contributed by atoms with E-state index in [1.54, 1.807) is 20.4 Å². The SMILES string of the molecule is Cc1ccccc1[C@H]1CC(c2csc(C3CCN(C(=O)CN4NN(Br)C=C4Br)CC3)n2)=NO1. The lowest BCUT2D eigenvalue weighted by atomic mass is 9.97. The smallest absolute Gasteiger partial charge is 0.243 e. The van der Waals surface area contributed by atoms with Gasteiger partial charge in [0.05, 0.1) is 33.0 Å². The number of carbonyl (C=O) groups excluding carboxylic acids is 1. The molecular formula is C22H24Br2N6O2S. The number of piperidine rings is 1. The topological polar surface area (TPSA) is 73.3 Å². The fourth-order valence-corrected chi connectivity index (χ4v) is 6.40. The first-order valence-corrected chi connectivity index (χ1v) is 13.2. The fraction of sp³-hybridized carbons (Fsp3) is 0.409. The van der Waals surface area contributed by atoms with Crippen molar-refractivity contribution in [3.05, 3.63) is 62.3 Å². The van der Waals surface area contributed by atoms with Gasteiger partial charge < -0.3 is 9.74 Å². The molecule has 11 heteroatoms. The van der Waals surface area contributed by atoms with Crippen LogP contribution in [0.3, 0.4) is 0 Å². The quantitative estimate of drug-likeness (QED) is 0.403. The monoisotopic (exact) mass is 594 g/mol. The van der Waals surface area contributed by atoms with Crippen LogP contribution in [0, 0.1) is 6.92 Å². The van der Waals surface area contributed by atoms with Gasteiger partial charge >= 0.3 is 0 Å². The molecule has 3 aliphatic rings. The van der Waals surface area contributed by atoms with Crippen LogP contribution in [-0.4, -0.2) is 50.2 Å². The maximum Gasteiger partial charge on any atom is 0.243 e. The number of amides is 1. The lowest BCUT2D eigenvalue weighted by Gasteiger charge is -2.32. The molecule has 0 unspecified atom stereocenters. The van der Waals surface area contributed by atoms with Gasteiger partial charge in [0.15, 0.2) is 6.10 Å². The van der Waals surface area contributed by atoms with Gasteiger partial charge in [-0.3, -0.25) is 9.80 Å². The predicted octanol–water partition coefficient (Wildman–Crippen LogP) is 4.56. The van der Waals surface area contributed by atoms with E-state index in [0.29, 0.717) is 5.92 Å². The summed E-state index contributed by atoms with van der Waals surface area (Å²) in [5.74, 6) is 0.478. The van der Waals surface area contributed by atoms with Crippen molar-refractivity contribution in [2.24, 2.45) is 5.16 Å². The van der Waals surface area contributed by atoms with Crippen molar-refractivity contribution in [2.45, 2.75) is 38.2 Å². The van der Waals surface area contributed by atoms with Crippen LogP contribution in [0.1, 0.15) is 53.1 Å². The van der Waals surface area contributed by atoms with Gasteiger partial charge in [-0.05, 0) is 46.8 Å². The van der Waals surface area contributed by atoms with E-state index in [1.165, 1.54) is 11.1 Å². The van der Waals surface area contributed by atoms with E-state index in [1.807, 2.05) is 23.2 Å². The van der Waals surface area contributed by atoms with E-state index >= 15 is 0 Å². The minimum atomic E-state index is -0.0443. The third-order valence-electron chi connectivity index (χ3n) is 6.21. The second-order valence-corrected chi connectivity index (χ2v) is 10.8. The molecule has 1 atom stereocenters. The van der Waals surface area contributed by atoms with Crippen LogP contribution in [0.4, 0.5) is 0 Å². The van der Waals surface area contributed by atoms with Crippen molar-refractivity contribution in [1.29, 1.82) is 0 Å². The Morgan fingerprint density at radius 1 is 1.30 bits per heavy atom. The molecule has 1 aromatic carbocycles. The molecule has 33 heavy (non-hydrogen) atoms. The molecule has 8 nitrogen and oxygen atoms in total. The average molecular weight is 596 g/mol. The first-order valence-electron chi connectivity index (χ1n) is 10.9. The van der Waals surface area contributed by atoms with Crippen molar-refractivity contribution in [3.63, 3.8) is 0 Å². The Bertz CT molecular complexity index is 1100. The highest BCUT2D eigenvalue weighted by Gasteiger charge is 2.30. The van der Waals surface area contributed by atoms with Crippen LogP contribution in [0.25, 0.3) is 0 Å². The second kappa shape index (κ2) is 9.73. The van der Waals surface area contributed by atoms with Gasteiger partial charge in [0.1, 0.15) is 16.9 Å². The summed E-state index contributed by atoms with van der Waals surface area (Å²) in [7, 11) is 0. The number of nitrogens with zero attached hydrogens (tertiary/aromatic N) is 5. The van der Waals surface area contributed by atoms with E-state index in [0.717, 1.165) is 53.4 Å². The molecule has 1 saturated heterocycles. The fourth-order valence-electron chi connectivity index (χ4n) is 4.33. The molecule has 3 aliphatic heterocycles. The zero-order chi connectivity index (χ0) is 22.9. The second-order valence-electron chi connectivity index (χ2n) is 8.37. The number of hydrogen-bond donors (Lipinski definition) is 1. The number of oxime groups is 1. The molecule has 0 spiro atoms. The van der Waals surface area contributed by atoms with Crippen LogP contribution in [0.2, 0.25) is 0 Å². The van der Waals surface area contributed by atoms with Crippen LogP contribution in [0.5, 0.6) is 0 Å². The van der Waals surface area contributed by atoms with E-state index in [9.17, 15) is 4.79 Å². The summed E-state index contributed by atoms with van der Waals surface area (Å²) >= 11 is 8.44. The minimum absolute atomic E-state index is 0.0443. The van der Waals surface area contributed by atoms with Crippen LogP contribution in [-0.2, 0) is 9.63 Å². The number of carbonyl (C=O) groups is 1. The number of rotatable bonds is 5. The Morgan fingerprint density at radius 2 is 2.09 bits per heavy atom. The predicted molar refractivity (Wildman–Crippen MR) is 134 cm³/mol. The van der Waals surface area contributed by atoms with Crippen molar-refractivity contribution >= 4 is 55.0 Å². The van der Waals surface area contributed by atoms with Gasteiger partial charge in [-0.2, -0.15) is 0 Å². The summed E-state index contributed by atoms with van der Waals surface area (Å²) in [5.41, 5.74) is 7.25. The summed E-state index contributed by atoms with van der Waals surface area (Å²) in [5, 5.41) is 9.31. The zero-order valence-corrected chi connectivity index (χ0v) is 22.1. The molecule has 0 radical (unpaired) electrons. The first kappa shape index (κ1) is 22.8. The number of nitrogens with one attached hydrogen (secondary N) is 1. The normalized spacial score (nSPS) is 21.3. The van der Waals surface area contributed by atoms with Gasteiger partial charge in [0.25, 0.3) is 0 Å². The number of hydrogen-bond acceptors (Lipinski definition) is 8. The van der Waals surface area contributed by atoms with Crippen LogP contribution >= 0.6 is 43.4 Å². The minimum Gasteiger partial charge on any atom is -0.387 e. The van der Waals surface area contributed by atoms with Gasteiger partial charge in [-0.15, -0.1) is 16.9 Å². The van der Waals surface area contributed by atoms with E-state index in [4.69, 9.17) is 9.82 Å². The third kappa shape index (κ3) is 4.96. The lowest BCUT2D eigenvalue weighted by Crippen LogP contribution is -2.46. The Morgan fingerprint density at radius 3 is 2.82 bits per heavy atom. The van der Waals surface area contributed by atoms with Crippen molar-refractivity contribution in [3.8, 4) is 0 Å². The number of thiazole rings is 1. The lowest BCUT2D eigenvalue weighted by molar-refractivity contribution is -0.133. The molecule has 174 valence electrons. The van der Waals surface area contributed by atoms with E-state index in [-0.39, 0.29) is 18.6 Å². The standard InChI is InChI=1S/C22H24Br2N6O2S/c1-14-4-2-3-5-16(14)19-10-17(26-32-19)18-13-33-22(25-18)15-6-8-28(9-7-15)21(31)12-29-20(23)11-30(24)27-29/h2-5,11,13,15,19,27H,6-10,12H2,1H3/t19-/m1/s1. The average Bonchev–Trinajstić information content (AvgIpc) is 3.54. The number of likely N-dealkylation sites (tertiary alicyclic amines) is 1. The number of aromatic nitrogens is 1. The van der Waals surface area contributed by atoms with E-state index < -0.39 is 0 Å². The molecule has 0 saturated carbocycles. The molecule has 1 amide bonds. The summed E-state index contributed by atoms with van der Waals surface area (Å²) in [4.78, 5) is 25.3. The molecule has 5 rings (SSSR count). The maximum absolute atomic E-state index is 12.7. The van der Waals surface area contributed by atoms with Crippen LogP contribution in [0.15, 0.2) is 45.6 Å². The molecule has 0 aliphatic carbocycles. The summed E-state index contributed by atoms with van der Waals surface area (Å²) in [6.07, 6.45) is 4.34. The molecule has 1 aromatic heterocycles. The molecule has 1 fully saturated rings. The molecular weight excluding hydrogens is 572 g/mol. The summed E-state index contributed by atoms with van der Waals surface area (Å²) < 4.78 is 2.43. The zero-order valence-electron chi connectivity index (χ0n) is 18.1. The highest BCUT2D eigenvalue weighted by atomic mass is 79.9. The summed E-state index contributed by atoms with van der Waals surface area (Å²) in [6.45, 7) is 3.85. The summed E-state index contributed by atoms with van der Waals surface area (Å²) in [6, 6.07) is 8.28. The first-order chi connectivity index (χ1) is 16.0. The van der Waals surface area contributed by atoms with Gasteiger partial charge in [-0.1, -0.05) is 29.4 Å². The number of halogens is 2. The molecule has 1 N–H and O–H groups in total. The van der Waals surface area contributed by atoms with Gasteiger partial charge in [0.2, 0.25) is 5.91 Å². The number of hydrazine groups is 2. The van der Waals surface area contributed by atoms with E-state index in [2.05, 4.69) is 67.2 Å². The Hall–Kier alpha value is -1.95. The Labute approximate surface area is 213 Å². The van der Waals surface area contributed by atoms with Crippen LogP contribution < -0.4 is 5.53 Å². The molecule has 2 aromatic rings. The van der Waals surface area contributed by atoms with Crippen molar-refractivity contribution in [1.82, 2.24) is 24.5 Å². The third-order valence-corrected chi connectivity index (χ3v) is 8.21. The number of aryl methyl sites for hydroxylation is 1. The highest BCUT2D eigenvalue weighted by Crippen LogP contribution is 2.34. The Balaban J connectivity index is 1.15. The maximum atomic E-state index is 12.7. The van der Waals surface area contributed by atoms with Gasteiger partial charge in [0, 0.05) is 30.8 Å². The Kier molecular flexibility index (Phi) is 6.73. The largest absolute Gasteiger partial charge is 0.387 e. The molecule has 4 heterocycles. The van der Waals surface area contributed by atoms with Gasteiger partial charge in [-0.25, -0.2) is 9.02 Å². The molecule has 0 bridgehead atoms.